The van der Waals surface area contributed by atoms with E-state index in [9.17, 15) is 14.0 Å². The predicted octanol–water partition coefficient (Wildman–Crippen LogP) is 1.77. The Hall–Kier alpha value is -2.11. The van der Waals surface area contributed by atoms with Crippen LogP contribution in [-0.4, -0.2) is 41.1 Å². The van der Waals surface area contributed by atoms with E-state index in [-0.39, 0.29) is 24.1 Å². The van der Waals surface area contributed by atoms with Crippen LogP contribution in [-0.2, 0) is 9.59 Å². The summed E-state index contributed by atoms with van der Waals surface area (Å²) >= 11 is 0. The van der Waals surface area contributed by atoms with E-state index >= 15 is 0 Å². The second-order valence-corrected chi connectivity index (χ2v) is 5.38. The maximum Gasteiger partial charge on any atom is 0.308 e. The third kappa shape index (κ3) is 3.51. The summed E-state index contributed by atoms with van der Waals surface area (Å²) in [4.78, 5) is 24.8. The zero-order valence-electron chi connectivity index (χ0n) is 12.0. The highest BCUT2D eigenvalue weighted by Gasteiger charge is 2.38. The topological polar surface area (TPSA) is 66.8 Å². The van der Waals surface area contributed by atoms with Gasteiger partial charge in [0, 0.05) is 19.2 Å². The minimum absolute atomic E-state index is 0.0900. The van der Waals surface area contributed by atoms with Gasteiger partial charge in [-0.25, -0.2) is 4.39 Å². The highest BCUT2D eigenvalue weighted by molar-refractivity contribution is 5.82. The van der Waals surface area contributed by atoms with Crippen LogP contribution in [0.2, 0.25) is 0 Å². The van der Waals surface area contributed by atoms with Gasteiger partial charge < -0.3 is 14.7 Å². The lowest BCUT2D eigenvalue weighted by molar-refractivity contribution is -0.142. The van der Waals surface area contributed by atoms with E-state index in [4.69, 9.17) is 9.84 Å². The van der Waals surface area contributed by atoms with Crippen molar-refractivity contribution in [1.82, 2.24) is 4.90 Å². The summed E-state index contributed by atoms with van der Waals surface area (Å²) in [6, 6.07) is 5.56. The molecule has 6 heteroatoms. The van der Waals surface area contributed by atoms with Crippen LogP contribution in [0.25, 0.3) is 0 Å². The number of carboxylic acids is 1. The summed E-state index contributed by atoms with van der Waals surface area (Å²) in [6.07, 6.45) is -0.786. The van der Waals surface area contributed by atoms with Crippen molar-refractivity contribution >= 4 is 11.9 Å². The van der Waals surface area contributed by atoms with Crippen molar-refractivity contribution in [3.63, 3.8) is 0 Å². The second-order valence-electron chi connectivity index (χ2n) is 5.38. The maximum atomic E-state index is 13.1. The molecule has 1 aromatic carbocycles. The molecule has 0 aliphatic carbocycles. The third-order valence-corrected chi connectivity index (χ3v) is 3.70. The number of likely N-dealkylation sites (tertiary alicyclic amines) is 1. The van der Waals surface area contributed by atoms with Crippen LogP contribution < -0.4 is 4.74 Å². The molecule has 114 valence electrons. The lowest BCUT2D eigenvalue weighted by atomic mass is 9.99. The summed E-state index contributed by atoms with van der Waals surface area (Å²) in [5.74, 6) is -1.97. The van der Waals surface area contributed by atoms with Crippen molar-refractivity contribution in [2.75, 3.05) is 13.1 Å². The Kier molecular flexibility index (Phi) is 4.45. The number of nitrogens with zero attached hydrogens (tertiary/aromatic N) is 1. The number of halogens is 1. The molecule has 3 atom stereocenters. The molecule has 1 fully saturated rings. The van der Waals surface area contributed by atoms with E-state index in [0.29, 0.717) is 6.54 Å². The Bertz CT molecular complexity index is 548. The Morgan fingerprint density at radius 3 is 2.71 bits per heavy atom. The smallest absolute Gasteiger partial charge is 0.308 e. The first-order valence-electron chi connectivity index (χ1n) is 6.82. The molecule has 1 saturated heterocycles. The Morgan fingerprint density at radius 2 is 2.14 bits per heavy atom. The van der Waals surface area contributed by atoms with Crippen LogP contribution in [0.3, 0.4) is 0 Å². The molecule has 5 nitrogen and oxygen atoms in total. The van der Waals surface area contributed by atoms with E-state index in [2.05, 4.69) is 0 Å². The van der Waals surface area contributed by atoms with E-state index in [0.717, 1.165) is 0 Å². The monoisotopic (exact) mass is 295 g/mol. The van der Waals surface area contributed by atoms with Crippen LogP contribution in [0.1, 0.15) is 13.8 Å². The number of hydrogen-bond donors (Lipinski definition) is 1. The zero-order valence-corrected chi connectivity index (χ0v) is 12.0. The van der Waals surface area contributed by atoms with Gasteiger partial charge in [-0.2, -0.15) is 0 Å². The number of hydrogen-bond acceptors (Lipinski definition) is 3. The Balaban J connectivity index is 1.99. The van der Waals surface area contributed by atoms with Gasteiger partial charge >= 0.3 is 5.97 Å². The molecule has 1 unspecified atom stereocenters. The molecule has 1 aliphatic heterocycles. The van der Waals surface area contributed by atoms with Gasteiger partial charge in [-0.15, -0.1) is 0 Å². The number of carbonyl (C=O) groups is 2. The molecule has 0 saturated carbocycles. The van der Waals surface area contributed by atoms with Crippen molar-refractivity contribution in [2.45, 2.75) is 20.0 Å². The second kappa shape index (κ2) is 6.11. The third-order valence-electron chi connectivity index (χ3n) is 3.70. The standard InChI is InChI=1S/C15H18FNO4/c1-9-7-17(8-13(9)15(19)20)14(18)10(2)21-12-5-3-4-11(16)6-12/h3-6,9-10,13H,7-8H2,1-2H3,(H,19,20)/t9-,10?,13-/m1/s1. The quantitative estimate of drug-likeness (QED) is 0.919. The van der Waals surface area contributed by atoms with Gasteiger partial charge in [0.05, 0.1) is 5.92 Å². The highest BCUT2D eigenvalue weighted by Crippen LogP contribution is 2.24. The summed E-state index contributed by atoms with van der Waals surface area (Å²) in [7, 11) is 0. The summed E-state index contributed by atoms with van der Waals surface area (Å²) in [6.45, 7) is 3.97. The number of amides is 1. The first kappa shape index (κ1) is 15.3. The van der Waals surface area contributed by atoms with Gasteiger partial charge in [0.25, 0.3) is 5.91 Å². The first-order chi connectivity index (χ1) is 9.88. The summed E-state index contributed by atoms with van der Waals surface area (Å²) in [5, 5.41) is 9.08. The fourth-order valence-electron chi connectivity index (χ4n) is 2.52. The molecule has 0 spiro atoms. The SMILES string of the molecule is CC(Oc1cccc(F)c1)C(=O)N1C[C@@H](C)[C@H](C(=O)O)C1. The first-order valence-corrected chi connectivity index (χ1v) is 6.82. The molecule has 1 heterocycles. The molecule has 21 heavy (non-hydrogen) atoms. The van der Waals surface area contributed by atoms with Crippen molar-refractivity contribution < 1.29 is 23.8 Å². The number of benzene rings is 1. The molecule has 0 radical (unpaired) electrons. The Morgan fingerprint density at radius 1 is 1.43 bits per heavy atom. The zero-order chi connectivity index (χ0) is 15.6. The van der Waals surface area contributed by atoms with Crippen LogP contribution in [0.5, 0.6) is 5.75 Å². The van der Waals surface area contributed by atoms with Crippen LogP contribution in [0.4, 0.5) is 4.39 Å². The van der Waals surface area contributed by atoms with Crippen molar-refractivity contribution in [3.8, 4) is 5.75 Å². The average Bonchev–Trinajstić information content (AvgIpc) is 2.80. The number of carboxylic acid groups (broad SMARTS) is 1. The highest BCUT2D eigenvalue weighted by atomic mass is 19.1. The lowest BCUT2D eigenvalue weighted by Gasteiger charge is -2.21. The predicted molar refractivity (Wildman–Crippen MR) is 73.4 cm³/mol. The van der Waals surface area contributed by atoms with Crippen LogP contribution in [0.15, 0.2) is 24.3 Å². The van der Waals surface area contributed by atoms with Gasteiger partial charge in [-0.3, -0.25) is 9.59 Å². The fraction of sp³-hybridized carbons (Fsp3) is 0.467. The Labute approximate surface area is 122 Å². The van der Waals surface area contributed by atoms with Crippen molar-refractivity contribution in [2.24, 2.45) is 11.8 Å². The molecule has 1 aliphatic rings. The van der Waals surface area contributed by atoms with Gasteiger partial charge in [-0.1, -0.05) is 13.0 Å². The van der Waals surface area contributed by atoms with Gasteiger partial charge in [0.1, 0.15) is 11.6 Å². The normalized spacial score (nSPS) is 22.9. The summed E-state index contributed by atoms with van der Waals surface area (Å²) in [5.41, 5.74) is 0. The molecular weight excluding hydrogens is 277 g/mol. The lowest BCUT2D eigenvalue weighted by Crippen LogP contribution is -2.39. The minimum Gasteiger partial charge on any atom is -0.481 e. The van der Waals surface area contributed by atoms with E-state index < -0.39 is 23.8 Å². The largest absolute Gasteiger partial charge is 0.481 e. The van der Waals surface area contributed by atoms with Crippen molar-refractivity contribution in [3.05, 3.63) is 30.1 Å². The fourth-order valence-corrected chi connectivity index (χ4v) is 2.52. The molecule has 2 rings (SSSR count). The number of ether oxygens (including phenoxy) is 1. The number of aliphatic carboxylic acids is 1. The number of carbonyl (C=O) groups excluding carboxylic acids is 1. The van der Waals surface area contributed by atoms with Gasteiger partial charge in [0.15, 0.2) is 6.10 Å². The maximum absolute atomic E-state index is 13.1. The molecule has 1 N–H and O–H groups in total. The molecular formula is C15H18FNO4. The molecule has 1 aromatic rings. The van der Waals surface area contributed by atoms with E-state index in [1.54, 1.807) is 13.0 Å². The average molecular weight is 295 g/mol. The molecule has 0 aromatic heterocycles. The summed E-state index contributed by atoms with van der Waals surface area (Å²) < 4.78 is 18.5. The number of rotatable bonds is 4. The van der Waals surface area contributed by atoms with E-state index in [1.807, 2.05) is 6.92 Å². The van der Waals surface area contributed by atoms with E-state index in [1.165, 1.54) is 23.1 Å². The van der Waals surface area contributed by atoms with Crippen LogP contribution in [0, 0.1) is 17.7 Å². The molecule has 0 bridgehead atoms. The van der Waals surface area contributed by atoms with Gasteiger partial charge in [-0.05, 0) is 25.0 Å². The van der Waals surface area contributed by atoms with Crippen molar-refractivity contribution in [1.29, 1.82) is 0 Å². The molecule has 1 amide bonds. The van der Waals surface area contributed by atoms with Gasteiger partial charge in [0.2, 0.25) is 0 Å². The minimum atomic E-state index is -0.892. The van der Waals surface area contributed by atoms with Crippen LogP contribution >= 0.6 is 0 Å².